The highest BCUT2D eigenvalue weighted by molar-refractivity contribution is 5.92. The number of piperidine rings is 1. The fraction of sp³-hybridized carbons (Fsp3) is 0.375. The maximum Gasteiger partial charge on any atom is 0.126 e. The molecule has 5 N–H and O–H groups in total. The van der Waals surface area contributed by atoms with Crippen LogP contribution in [0.3, 0.4) is 0 Å². The van der Waals surface area contributed by atoms with Gasteiger partial charge in [-0.3, -0.25) is 5.43 Å². The molecule has 3 aromatic rings. The SMILES string of the molecule is Fc1cccc(-c2cccc3[nH]c(C4NNC5CNC(C6=CCNCC6)CC54)nc23)c1. The molecule has 1 aromatic heterocycles. The Kier molecular flexibility index (Phi) is 4.84. The summed E-state index contributed by atoms with van der Waals surface area (Å²) in [4.78, 5) is 8.54. The molecule has 0 aliphatic carbocycles. The van der Waals surface area contributed by atoms with E-state index in [0.29, 0.717) is 18.0 Å². The van der Waals surface area contributed by atoms with Crippen molar-refractivity contribution in [3.8, 4) is 11.1 Å². The van der Waals surface area contributed by atoms with E-state index in [4.69, 9.17) is 4.98 Å². The molecule has 2 aromatic carbocycles. The molecule has 0 spiro atoms. The summed E-state index contributed by atoms with van der Waals surface area (Å²) in [5.41, 5.74) is 12.2. The Morgan fingerprint density at radius 1 is 1.06 bits per heavy atom. The van der Waals surface area contributed by atoms with Gasteiger partial charge in [0.2, 0.25) is 0 Å². The molecule has 2 fully saturated rings. The summed E-state index contributed by atoms with van der Waals surface area (Å²) in [6, 6.07) is 13.7. The van der Waals surface area contributed by atoms with E-state index in [1.165, 1.54) is 11.6 Å². The van der Waals surface area contributed by atoms with Crippen LogP contribution in [0.15, 0.2) is 54.1 Å². The number of nitrogens with zero attached hydrogens (tertiary/aromatic N) is 1. The monoisotopic (exact) mass is 418 g/mol. The molecule has 4 atom stereocenters. The Morgan fingerprint density at radius 3 is 2.87 bits per heavy atom. The highest BCUT2D eigenvalue weighted by Crippen LogP contribution is 2.37. The van der Waals surface area contributed by atoms with Crippen molar-refractivity contribution in [2.75, 3.05) is 19.6 Å². The van der Waals surface area contributed by atoms with Gasteiger partial charge in [0.1, 0.15) is 11.6 Å². The van der Waals surface area contributed by atoms with E-state index < -0.39 is 0 Å². The lowest BCUT2D eigenvalue weighted by molar-refractivity contribution is 0.276. The molecule has 0 amide bonds. The second kappa shape index (κ2) is 7.84. The zero-order chi connectivity index (χ0) is 20.8. The minimum absolute atomic E-state index is 0.115. The van der Waals surface area contributed by atoms with Crippen LogP contribution >= 0.6 is 0 Å². The minimum Gasteiger partial charge on any atom is -0.341 e. The van der Waals surface area contributed by atoms with E-state index in [1.54, 1.807) is 12.1 Å². The number of halogens is 1. The zero-order valence-electron chi connectivity index (χ0n) is 17.3. The summed E-state index contributed by atoms with van der Waals surface area (Å²) in [5.74, 6) is 1.15. The molecule has 31 heavy (non-hydrogen) atoms. The standard InChI is InChI=1S/C24H27FN6/c25-16-4-1-3-15(11-16)17-5-2-6-19-22(17)29-24(28-19)23-18-12-20(14-7-9-26-10-8-14)27-13-21(18)30-31-23/h1-7,11,18,20-21,23,26-27,30-31H,8-10,12-13H2,(H,28,29). The molecule has 0 saturated carbocycles. The first-order valence-corrected chi connectivity index (χ1v) is 11.1. The van der Waals surface area contributed by atoms with Crippen LogP contribution in [-0.2, 0) is 0 Å². The highest BCUT2D eigenvalue weighted by atomic mass is 19.1. The first kappa shape index (κ1) is 19.1. The number of benzene rings is 2. The number of fused-ring (bicyclic) bond motifs is 2. The van der Waals surface area contributed by atoms with Gasteiger partial charge in [-0.05, 0) is 43.1 Å². The maximum atomic E-state index is 13.8. The van der Waals surface area contributed by atoms with E-state index in [1.807, 2.05) is 24.3 Å². The van der Waals surface area contributed by atoms with Crippen molar-refractivity contribution in [2.24, 2.45) is 5.92 Å². The fourth-order valence-corrected chi connectivity index (χ4v) is 5.37. The number of imidazole rings is 1. The van der Waals surface area contributed by atoms with Crippen LogP contribution in [0.1, 0.15) is 24.7 Å². The third-order valence-electron chi connectivity index (χ3n) is 6.97. The number of nitrogens with one attached hydrogen (secondary N) is 5. The Balaban J connectivity index is 1.32. The molecule has 4 unspecified atom stereocenters. The number of hydrogen-bond donors (Lipinski definition) is 5. The number of hydrogen-bond acceptors (Lipinski definition) is 5. The lowest BCUT2D eigenvalue weighted by Crippen LogP contribution is -2.51. The summed E-state index contributed by atoms with van der Waals surface area (Å²) < 4.78 is 13.8. The molecule has 7 heteroatoms. The van der Waals surface area contributed by atoms with Gasteiger partial charge in [-0.1, -0.05) is 35.9 Å². The molecule has 0 bridgehead atoms. The van der Waals surface area contributed by atoms with Crippen LogP contribution in [-0.4, -0.2) is 41.7 Å². The van der Waals surface area contributed by atoms with Crippen molar-refractivity contribution in [3.63, 3.8) is 0 Å². The van der Waals surface area contributed by atoms with E-state index in [9.17, 15) is 4.39 Å². The minimum atomic E-state index is -0.234. The van der Waals surface area contributed by atoms with Gasteiger partial charge >= 0.3 is 0 Å². The second-order valence-corrected chi connectivity index (χ2v) is 8.80. The van der Waals surface area contributed by atoms with Crippen LogP contribution in [0.4, 0.5) is 4.39 Å². The van der Waals surface area contributed by atoms with E-state index in [2.05, 4.69) is 32.5 Å². The van der Waals surface area contributed by atoms with Crippen LogP contribution in [0.25, 0.3) is 22.2 Å². The van der Waals surface area contributed by atoms with Gasteiger partial charge in [-0.2, -0.15) is 0 Å². The average Bonchev–Trinajstić information content (AvgIpc) is 3.43. The van der Waals surface area contributed by atoms with Gasteiger partial charge in [0.15, 0.2) is 0 Å². The average molecular weight is 419 g/mol. The Bertz CT molecular complexity index is 1140. The molecule has 2 saturated heterocycles. The number of H-pyrrole nitrogens is 1. The third-order valence-corrected chi connectivity index (χ3v) is 6.97. The van der Waals surface area contributed by atoms with Crippen LogP contribution in [0.2, 0.25) is 0 Å². The Labute approximate surface area is 180 Å². The van der Waals surface area contributed by atoms with Crippen molar-refractivity contribution in [2.45, 2.75) is 31.0 Å². The topological polar surface area (TPSA) is 76.8 Å². The molecule has 3 aliphatic rings. The number of rotatable bonds is 3. The third kappa shape index (κ3) is 3.47. The van der Waals surface area contributed by atoms with Gasteiger partial charge in [0.05, 0.1) is 17.1 Å². The van der Waals surface area contributed by atoms with Crippen LogP contribution in [0.5, 0.6) is 0 Å². The summed E-state index contributed by atoms with van der Waals surface area (Å²) in [6.07, 6.45) is 4.54. The van der Waals surface area contributed by atoms with Crippen LogP contribution in [0, 0.1) is 11.7 Å². The number of aromatic nitrogens is 2. The number of para-hydroxylation sites is 1. The van der Waals surface area contributed by atoms with Gasteiger partial charge in [-0.15, -0.1) is 0 Å². The van der Waals surface area contributed by atoms with E-state index >= 15 is 0 Å². The van der Waals surface area contributed by atoms with E-state index in [0.717, 1.165) is 60.5 Å². The Hall–Kier alpha value is -2.58. The largest absolute Gasteiger partial charge is 0.341 e. The van der Waals surface area contributed by atoms with Crippen molar-refractivity contribution in [1.82, 2.24) is 31.5 Å². The van der Waals surface area contributed by atoms with Crippen molar-refractivity contribution in [3.05, 3.63) is 65.8 Å². The van der Waals surface area contributed by atoms with Crippen molar-refractivity contribution < 1.29 is 4.39 Å². The highest BCUT2D eigenvalue weighted by Gasteiger charge is 2.43. The molecule has 160 valence electrons. The van der Waals surface area contributed by atoms with Crippen LogP contribution < -0.4 is 21.5 Å². The van der Waals surface area contributed by atoms with Gasteiger partial charge in [-0.25, -0.2) is 14.8 Å². The quantitative estimate of drug-likeness (QED) is 0.423. The predicted octanol–water partition coefficient (Wildman–Crippen LogP) is 2.78. The van der Waals surface area contributed by atoms with Crippen molar-refractivity contribution in [1.29, 1.82) is 0 Å². The summed E-state index contributed by atoms with van der Waals surface area (Å²) in [6.45, 7) is 2.97. The molecule has 6 rings (SSSR count). The molecule has 4 heterocycles. The molecular weight excluding hydrogens is 391 g/mol. The number of aromatic amines is 1. The van der Waals surface area contributed by atoms with Gasteiger partial charge in [0, 0.05) is 36.7 Å². The normalized spacial score (nSPS) is 28.5. The Morgan fingerprint density at radius 2 is 2.00 bits per heavy atom. The maximum absolute atomic E-state index is 13.8. The summed E-state index contributed by atoms with van der Waals surface area (Å²) in [5, 5.41) is 7.13. The molecule has 6 nitrogen and oxygen atoms in total. The van der Waals surface area contributed by atoms with Crippen molar-refractivity contribution >= 4 is 11.0 Å². The summed E-state index contributed by atoms with van der Waals surface area (Å²) in [7, 11) is 0. The first-order valence-electron chi connectivity index (χ1n) is 11.1. The lowest BCUT2D eigenvalue weighted by atomic mass is 9.81. The number of hydrazine groups is 1. The second-order valence-electron chi connectivity index (χ2n) is 8.80. The van der Waals surface area contributed by atoms with Gasteiger partial charge < -0.3 is 15.6 Å². The summed E-state index contributed by atoms with van der Waals surface area (Å²) >= 11 is 0. The lowest BCUT2D eigenvalue weighted by Gasteiger charge is -2.36. The zero-order valence-corrected chi connectivity index (χ0v) is 17.3. The molecule has 3 aliphatic heterocycles. The van der Waals surface area contributed by atoms with E-state index in [-0.39, 0.29) is 11.9 Å². The molecular formula is C24H27FN6. The fourth-order valence-electron chi connectivity index (χ4n) is 5.37. The predicted molar refractivity (Wildman–Crippen MR) is 120 cm³/mol. The smallest absolute Gasteiger partial charge is 0.126 e. The molecule has 0 radical (unpaired) electrons. The first-order chi connectivity index (χ1) is 15.3. The van der Waals surface area contributed by atoms with Gasteiger partial charge in [0.25, 0.3) is 0 Å².